The number of hydrogen-bond acceptors (Lipinski definition) is 8. The number of aromatic nitrogens is 1. The Kier molecular flexibility index (Phi) is 4.42. The zero-order valence-electron chi connectivity index (χ0n) is 18.2. The number of nitrogens with zero attached hydrogens (tertiary/aromatic N) is 2. The first kappa shape index (κ1) is 20.1. The van der Waals surface area contributed by atoms with Crippen LogP contribution in [-0.4, -0.2) is 18.2 Å². The third-order valence-corrected chi connectivity index (χ3v) is 6.20. The second-order valence-electron chi connectivity index (χ2n) is 8.18. The molecule has 0 radical (unpaired) electrons. The molecule has 9 nitrogen and oxygen atoms in total. The molecule has 3 aliphatic rings. The number of nitrogens with two attached hydrogens (primary N) is 1. The molecule has 9 heteroatoms. The standard InChI is InChI=1S/C25H19N3O6/c1-13-6-21-23(25(29)28(13)10-14-2-4-17-19(7-14)32-11-30-17)22(16(9-26)24(27)34-21)15-3-5-18-20(8-15)33-12-31-18/h2-8,22H,10-12,27H2,1H3/t22-/m0/s1. The highest BCUT2D eigenvalue weighted by Gasteiger charge is 2.35. The van der Waals surface area contributed by atoms with E-state index in [0.29, 0.717) is 52.1 Å². The number of allylic oxidation sites excluding steroid dienone is 1. The fourth-order valence-corrected chi connectivity index (χ4v) is 4.53. The molecule has 0 saturated heterocycles. The summed E-state index contributed by atoms with van der Waals surface area (Å²) in [4.78, 5) is 13.9. The first-order valence-electron chi connectivity index (χ1n) is 10.6. The van der Waals surface area contributed by atoms with Crippen molar-refractivity contribution >= 4 is 0 Å². The van der Waals surface area contributed by atoms with Crippen molar-refractivity contribution in [3.63, 3.8) is 0 Å². The molecule has 2 aromatic carbocycles. The van der Waals surface area contributed by atoms with Gasteiger partial charge < -0.3 is 34.0 Å². The van der Waals surface area contributed by atoms with Crippen LogP contribution in [-0.2, 0) is 6.54 Å². The molecular formula is C25H19N3O6. The van der Waals surface area contributed by atoms with Gasteiger partial charge in [0.15, 0.2) is 23.0 Å². The minimum atomic E-state index is -0.709. The highest BCUT2D eigenvalue weighted by Crippen LogP contribution is 2.43. The van der Waals surface area contributed by atoms with Crippen molar-refractivity contribution in [2.45, 2.75) is 19.4 Å². The summed E-state index contributed by atoms with van der Waals surface area (Å²) in [7, 11) is 0. The quantitative estimate of drug-likeness (QED) is 0.638. The van der Waals surface area contributed by atoms with Crippen LogP contribution in [0.5, 0.6) is 28.7 Å². The largest absolute Gasteiger partial charge is 0.454 e. The third kappa shape index (κ3) is 3.03. The van der Waals surface area contributed by atoms with E-state index in [2.05, 4.69) is 6.07 Å². The maximum Gasteiger partial charge on any atom is 0.259 e. The van der Waals surface area contributed by atoms with Gasteiger partial charge in [-0.2, -0.15) is 5.26 Å². The average Bonchev–Trinajstić information content (AvgIpc) is 3.49. The Balaban J connectivity index is 1.49. The molecule has 0 unspecified atom stereocenters. The SMILES string of the molecule is Cc1cc2c(c(=O)n1Cc1ccc3c(c1)OCO3)[C@@H](c1ccc3c(c1)OCO3)C(C#N)=C(N)O2. The molecule has 1 atom stereocenters. The minimum Gasteiger partial charge on any atom is -0.454 e. The maximum atomic E-state index is 13.9. The van der Waals surface area contributed by atoms with E-state index < -0.39 is 5.92 Å². The van der Waals surface area contributed by atoms with Gasteiger partial charge in [-0.05, 0) is 42.3 Å². The Morgan fingerprint density at radius 2 is 1.65 bits per heavy atom. The number of aryl methyl sites for hydroxylation is 1. The number of hydrogen-bond donors (Lipinski definition) is 1. The van der Waals surface area contributed by atoms with Gasteiger partial charge in [-0.1, -0.05) is 12.1 Å². The number of ether oxygens (including phenoxy) is 5. The molecule has 0 aliphatic carbocycles. The lowest BCUT2D eigenvalue weighted by Gasteiger charge is -2.27. The Bertz CT molecular complexity index is 1480. The predicted octanol–water partition coefficient (Wildman–Crippen LogP) is 2.88. The molecular weight excluding hydrogens is 438 g/mol. The van der Waals surface area contributed by atoms with Crippen molar-refractivity contribution < 1.29 is 23.7 Å². The van der Waals surface area contributed by atoms with E-state index in [1.807, 2.05) is 25.1 Å². The summed E-state index contributed by atoms with van der Waals surface area (Å²) in [5.74, 6) is 2.08. The zero-order valence-corrected chi connectivity index (χ0v) is 18.2. The Hall–Kier alpha value is -4.58. The fraction of sp³-hybridized carbons (Fsp3) is 0.200. The van der Waals surface area contributed by atoms with E-state index in [-0.39, 0.29) is 30.6 Å². The lowest BCUT2D eigenvalue weighted by Crippen LogP contribution is -2.33. The summed E-state index contributed by atoms with van der Waals surface area (Å²) in [6, 6.07) is 14.8. The highest BCUT2D eigenvalue weighted by atomic mass is 16.7. The third-order valence-electron chi connectivity index (χ3n) is 6.20. The number of rotatable bonds is 3. The first-order chi connectivity index (χ1) is 16.5. The van der Waals surface area contributed by atoms with Crippen LogP contribution in [0.1, 0.15) is 28.3 Å². The number of benzene rings is 2. The monoisotopic (exact) mass is 457 g/mol. The van der Waals surface area contributed by atoms with Crippen molar-refractivity contribution in [3.05, 3.63) is 86.7 Å². The van der Waals surface area contributed by atoms with Gasteiger partial charge in [-0.25, -0.2) is 0 Å². The Labute approximate surface area is 194 Å². The van der Waals surface area contributed by atoms with E-state index in [9.17, 15) is 10.1 Å². The zero-order chi connectivity index (χ0) is 23.4. The summed E-state index contributed by atoms with van der Waals surface area (Å²) in [6.45, 7) is 2.43. The lowest BCUT2D eigenvalue weighted by molar-refractivity contribution is 0.173. The van der Waals surface area contributed by atoms with Gasteiger partial charge in [0.2, 0.25) is 19.5 Å². The normalized spacial score (nSPS) is 17.2. The molecule has 0 spiro atoms. The van der Waals surface area contributed by atoms with Crippen LogP contribution < -0.4 is 35.0 Å². The van der Waals surface area contributed by atoms with Gasteiger partial charge in [0, 0.05) is 11.8 Å². The molecule has 0 bridgehead atoms. The van der Waals surface area contributed by atoms with Crippen molar-refractivity contribution in [1.82, 2.24) is 4.57 Å². The fourth-order valence-electron chi connectivity index (χ4n) is 4.53. The first-order valence-corrected chi connectivity index (χ1v) is 10.6. The van der Waals surface area contributed by atoms with E-state index >= 15 is 0 Å². The van der Waals surface area contributed by atoms with Crippen LogP contribution in [0, 0.1) is 18.3 Å². The minimum absolute atomic E-state index is 0.0232. The average molecular weight is 457 g/mol. The van der Waals surface area contributed by atoms with Crippen molar-refractivity contribution in [1.29, 1.82) is 5.26 Å². The van der Waals surface area contributed by atoms with Crippen LogP contribution in [0.2, 0.25) is 0 Å². The van der Waals surface area contributed by atoms with Gasteiger partial charge >= 0.3 is 0 Å². The highest BCUT2D eigenvalue weighted by molar-refractivity contribution is 5.58. The Morgan fingerprint density at radius 1 is 0.971 bits per heavy atom. The van der Waals surface area contributed by atoms with Crippen LogP contribution >= 0.6 is 0 Å². The smallest absolute Gasteiger partial charge is 0.259 e. The van der Waals surface area contributed by atoms with E-state index in [1.165, 1.54) is 0 Å². The predicted molar refractivity (Wildman–Crippen MR) is 119 cm³/mol. The second-order valence-corrected chi connectivity index (χ2v) is 8.18. The van der Waals surface area contributed by atoms with Gasteiger partial charge in [0.05, 0.1) is 18.0 Å². The molecule has 0 amide bonds. The summed E-state index contributed by atoms with van der Waals surface area (Å²) in [6.07, 6.45) is 0. The molecule has 4 heterocycles. The molecule has 170 valence electrons. The van der Waals surface area contributed by atoms with Crippen molar-refractivity contribution in [3.8, 4) is 34.8 Å². The lowest BCUT2D eigenvalue weighted by atomic mass is 9.84. The molecule has 3 aliphatic heterocycles. The molecule has 1 aromatic heterocycles. The van der Waals surface area contributed by atoms with E-state index in [0.717, 1.165) is 5.56 Å². The summed E-state index contributed by atoms with van der Waals surface area (Å²) in [5, 5.41) is 9.89. The summed E-state index contributed by atoms with van der Waals surface area (Å²) >= 11 is 0. The van der Waals surface area contributed by atoms with E-state index in [1.54, 1.807) is 28.8 Å². The van der Waals surface area contributed by atoms with Crippen LogP contribution in [0.15, 0.2) is 58.7 Å². The maximum absolute atomic E-state index is 13.9. The van der Waals surface area contributed by atoms with Crippen molar-refractivity contribution in [2.75, 3.05) is 13.6 Å². The molecule has 3 aromatic rings. The van der Waals surface area contributed by atoms with Crippen LogP contribution in [0.4, 0.5) is 0 Å². The molecule has 0 fully saturated rings. The van der Waals surface area contributed by atoms with E-state index in [4.69, 9.17) is 29.4 Å². The number of fused-ring (bicyclic) bond motifs is 3. The van der Waals surface area contributed by atoms with Gasteiger partial charge in [0.1, 0.15) is 17.4 Å². The summed E-state index contributed by atoms with van der Waals surface area (Å²) in [5.41, 5.74) is 8.60. The number of nitriles is 1. The second kappa shape index (κ2) is 7.49. The molecule has 0 saturated carbocycles. The van der Waals surface area contributed by atoms with Crippen molar-refractivity contribution in [2.24, 2.45) is 5.73 Å². The molecule has 6 rings (SSSR count). The molecule has 2 N–H and O–H groups in total. The number of pyridine rings is 1. The van der Waals surface area contributed by atoms with Crippen LogP contribution in [0.25, 0.3) is 0 Å². The Morgan fingerprint density at radius 3 is 2.38 bits per heavy atom. The van der Waals surface area contributed by atoms with Crippen LogP contribution in [0.3, 0.4) is 0 Å². The van der Waals surface area contributed by atoms with Gasteiger partial charge in [0.25, 0.3) is 5.56 Å². The van der Waals surface area contributed by atoms with Gasteiger partial charge in [-0.3, -0.25) is 4.79 Å². The topological polar surface area (TPSA) is 118 Å². The van der Waals surface area contributed by atoms with Gasteiger partial charge in [-0.15, -0.1) is 0 Å². The summed E-state index contributed by atoms with van der Waals surface area (Å²) < 4.78 is 29.2. The molecule has 34 heavy (non-hydrogen) atoms.